The third-order valence-corrected chi connectivity index (χ3v) is 5.83. The number of nitrogens with one attached hydrogen (secondary N) is 1. The third-order valence-electron chi connectivity index (χ3n) is 5.83. The summed E-state index contributed by atoms with van der Waals surface area (Å²) in [7, 11) is 0. The molecule has 33 heavy (non-hydrogen) atoms. The molecule has 8 heteroatoms. The highest BCUT2D eigenvalue weighted by molar-refractivity contribution is 5.79. The molecule has 1 aliphatic rings. The zero-order chi connectivity index (χ0) is 22.5. The standard InChI is InChI=1S/C25H24N6O2/c32-24(28-17-18-6-4-12-26-16-18)20-10-14-31(15-11-20)23-21(9-5-13-27-23)25-29-22(30-33-25)19-7-2-1-3-8-19/h1-9,12-13,16,20H,10-11,14-15,17H2,(H,28,32). The van der Waals surface area contributed by atoms with Gasteiger partial charge in [-0.2, -0.15) is 4.98 Å². The Kier molecular flexibility index (Phi) is 6.06. The van der Waals surface area contributed by atoms with Gasteiger partial charge in [-0.3, -0.25) is 9.78 Å². The van der Waals surface area contributed by atoms with Gasteiger partial charge < -0.3 is 14.7 Å². The van der Waals surface area contributed by atoms with Gasteiger partial charge in [-0.15, -0.1) is 0 Å². The number of piperidine rings is 1. The Morgan fingerprint density at radius 2 is 1.85 bits per heavy atom. The second-order valence-electron chi connectivity index (χ2n) is 8.00. The van der Waals surface area contributed by atoms with Crippen LogP contribution in [0.1, 0.15) is 18.4 Å². The highest BCUT2D eigenvalue weighted by Crippen LogP contribution is 2.31. The van der Waals surface area contributed by atoms with Crippen LogP contribution in [0, 0.1) is 5.92 Å². The van der Waals surface area contributed by atoms with E-state index in [-0.39, 0.29) is 11.8 Å². The molecule has 1 saturated heterocycles. The molecule has 3 aromatic heterocycles. The van der Waals surface area contributed by atoms with Crippen molar-refractivity contribution < 1.29 is 9.32 Å². The topological polar surface area (TPSA) is 97.0 Å². The van der Waals surface area contributed by atoms with E-state index in [4.69, 9.17) is 4.52 Å². The van der Waals surface area contributed by atoms with Crippen LogP contribution in [0.15, 0.2) is 77.7 Å². The molecule has 0 saturated carbocycles. The molecule has 166 valence electrons. The van der Waals surface area contributed by atoms with Gasteiger partial charge in [0, 0.05) is 49.7 Å². The monoisotopic (exact) mass is 440 g/mol. The van der Waals surface area contributed by atoms with Crippen LogP contribution in [-0.4, -0.2) is 39.1 Å². The van der Waals surface area contributed by atoms with E-state index >= 15 is 0 Å². The van der Waals surface area contributed by atoms with Gasteiger partial charge in [0.05, 0.1) is 5.56 Å². The average molecular weight is 441 g/mol. The second-order valence-corrected chi connectivity index (χ2v) is 8.00. The molecule has 0 unspecified atom stereocenters. The average Bonchev–Trinajstić information content (AvgIpc) is 3.39. The first-order valence-corrected chi connectivity index (χ1v) is 11.0. The van der Waals surface area contributed by atoms with E-state index in [1.54, 1.807) is 18.6 Å². The van der Waals surface area contributed by atoms with Crippen LogP contribution in [0.25, 0.3) is 22.8 Å². The van der Waals surface area contributed by atoms with Gasteiger partial charge in [-0.1, -0.05) is 41.6 Å². The Labute approximate surface area is 191 Å². The van der Waals surface area contributed by atoms with Crippen LogP contribution in [0.2, 0.25) is 0 Å². The molecule has 0 radical (unpaired) electrons. The zero-order valence-electron chi connectivity index (χ0n) is 18.1. The maximum absolute atomic E-state index is 12.6. The lowest BCUT2D eigenvalue weighted by Gasteiger charge is -2.32. The number of pyridine rings is 2. The number of carbonyl (C=O) groups excluding carboxylic acids is 1. The molecule has 1 amide bonds. The summed E-state index contributed by atoms with van der Waals surface area (Å²) in [5.74, 6) is 1.86. The van der Waals surface area contributed by atoms with Crippen molar-refractivity contribution in [2.45, 2.75) is 19.4 Å². The van der Waals surface area contributed by atoms with Crippen molar-refractivity contribution in [3.63, 3.8) is 0 Å². The normalized spacial score (nSPS) is 14.2. The first-order chi connectivity index (χ1) is 16.3. The van der Waals surface area contributed by atoms with Crippen LogP contribution in [0.4, 0.5) is 5.82 Å². The van der Waals surface area contributed by atoms with Crippen molar-refractivity contribution in [2.75, 3.05) is 18.0 Å². The van der Waals surface area contributed by atoms with Crippen LogP contribution in [-0.2, 0) is 11.3 Å². The Hall–Kier alpha value is -4.07. The fraction of sp³-hybridized carbons (Fsp3) is 0.240. The van der Waals surface area contributed by atoms with E-state index in [9.17, 15) is 4.79 Å². The fourth-order valence-electron chi connectivity index (χ4n) is 4.04. The molecule has 1 aliphatic heterocycles. The van der Waals surface area contributed by atoms with Gasteiger partial charge in [-0.25, -0.2) is 4.98 Å². The lowest BCUT2D eigenvalue weighted by Crippen LogP contribution is -2.40. The van der Waals surface area contributed by atoms with Gasteiger partial charge in [0.15, 0.2) is 0 Å². The third kappa shape index (κ3) is 4.74. The number of rotatable bonds is 6. The van der Waals surface area contributed by atoms with Crippen LogP contribution >= 0.6 is 0 Å². The molecule has 5 rings (SSSR count). The van der Waals surface area contributed by atoms with E-state index in [0.29, 0.717) is 18.3 Å². The number of hydrogen-bond donors (Lipinski definition) is 1. The summed E-state index contributed by atoms with van der Waals surface area (Å²) in [4.78, 5) is 28.1. The highest BCUT2D eigenvalue weighted by atomic mass is 16.5. The number of carbonyl (C=O) groups is 1. The number of amides is 1. The molecule has 0 bridgehead atoms. The molecule has 4 aromatic rings. The summed E-state index contributed by atoms with van der Waals surface area (Å²) in [5, 5.41) is 7.17. The maximum Gasteiger partial charge on any atom is 0.261 e. The van der Waals surface area contributed by atoms with Crippen molar-refractivity contribution in [2.24, 2.45) is 5.92 Å². The molecular weight excluding hydrogens is 416 g/mol. The molecule has 1 N–H and O–H groups in total. The van der Waals surface area contributed by atoms with Crippen LogP contribution in [0.3, 0.4) is 0 Å². The van der Waals surface area contributed by atoms with Crippen molar-refractivity contribution >= 4 is 11.7 Å². The maximum atomic E-state index is 12.6. The first kappa shape index (κ1) is 20.8. The molecular formula is C25H24N6O2. The number of aromatic nitrogens is 4. The van der Waals surface area contributed by atoms with Crippen molar-refractivity contribution in [3.8, 4) is 22.8 Å². The van der Waals surface area contributed by atoms with Gasteiger partial charge in [0.2, 0.25) is 11.7 Å². The number of benzene rings is 1. The quantitative estimate of drug-likeness (QED) is 0.488. The van der Waals surface area contributed by atoms with E-state index < -0.39 is 0 Å². The minimum absolute atomic E-state index is 0.0156. The second kappa shape index (κ2) is 9.60. The lowest BCUT2D eigenvalue weighted by atomic mass is 9.95. The molecule has 0 spiro atoms. The smallest absolute Gasteiger partial charge is 0.261 e. The van der Waals surface area contributed by atoms with E-state index in [0.717, 1.165) is 48.4 Å². The fourth-order valence-corrected chi connectivity index (χ4v) is 4.04. The largest absolute Gasteiger partial charge is 0.356 e. The molecule has 1 aromatic carbocycles. The lowest BCUT2D eigenvalue weighted by molar-refractivity contribution is -0.125. The van der Waals surface area contributed by atoms with Gasteiger partial charge in [0.25, 0.3) is 5.89 Å². The molecule has 4 heterocycles. The predicted molar refractivity (Wildman–Crippen MR) is 124 cm³/mol. The summed E-state index contributed by atoms with van der Waals surface area (Å²) in [6, 6.07) is 17.4. The van der Waals surface area contributed by atoms with Crippen LogP contribution in [0.5, 0.6) is 0 Å². The summed E-state index contributed by atoms with van der Waals surface area (Å²) in [6.07, 6.45) is 6.78. The Morgan fingerprint density at radius 3 is 2.64 bits per heavy atom. The van der Waals surface area contributed by atoms with Crippen molar-refractivity contribution in [1.82, 2.24) is 25.4 Å². The number of hydrogen-bond acceptors (Lipinski definition) is 7. The van der Waals surface area contributed by atoms with Crippen molar-refractivity contribution in [1.29, 1.82) is 0 Å². The van der Waals surface area contributed by atoms with Crippen LogP contribution < -0.4 is 10.2 Å². The minimum atomic E-state index is -0.0156. The SMILES string of the molecule is O=C(NCc1cccnc1)C1CCN(c2ncccc2-c2nc(-c3ccccc3)no2)CC1. The number of anilines is 1. The number of nitrogens with zero attached hydrogens (tertiary/aromatic N) is 5. The Balaban J connectivity index is 1.25. The molecule has 0 atom stereocenters. The van der Waals surface area contributed by atoms with Crippen molar-refractivity contribution in [3.05, 3.63) is 78.8 Å². The Bertz CT molecular complexity index is 1200. The summed E-state index contributed by atoms with van der Waals surface area (Å²) < 4.78 is 5.57. The van der Waals surface area contributed by atoms with Gasteiger partial charge in [-0.05, 0) is 36.6 Å². The summed E-state index contributed by atoms with van der Waals surface area (Å²) in [5.41, 5.74) is 2.69. The Morgan fingerprint density at radius 1 is 1.03 bits per heavy atom. The molecule has 1 fully saturated rings. The minimum Gasteiger partial charge on any atom is -0.356 e. The summed E-state index contributed by atoms with van der Waals surface area (Å²) >= 11 is 0. The van der Waals surface area contributed by atoms with Gasteiger partial charge in [0.1, 0.15) is 5.82 Å². The zero-order valence-corrected chi connectivity index (χ0v) is 18.1. The highest BCUT2D eigenvalue weighted by Gasteiger charge is 2.27. The molecule has 0 aliphatic carbocycles. The molecule has 8 nitrogen and oxygen atoms in total. The van der Waals surface area contributed by atoms with E-state index in [1.807, 2.05) is 54.6 Å². The van der Waals surface area contributed by atoms with E-state index in [2.05, 4.69) is 30.3 Å². The summed E-state index contributed by atoms with van der Waals surface area (Å²) in [6.45, 7) is 1.96. The first-order valence-electron chi connectivity index (χ1n) is 11.0. The van der Waals surface area contributed by atoms with E-state index in [1.165, 1.54) is 0 Å². The van der Waals surface area contributed by atoms with Gasteiger partial charge >= 0.3 is 0 Å². The predicted octanol–water partition coefficient (Wildman–Crippen LogP) is 3.73.